The summed E-state index contributed by atoms with van der Waals surface area (Å²) >= 11 is 0. The van der Waals surface area contributed by atoms with Crippen LogP contribution in [0.25, 0.3) is 11.0 Å². The fraction of sp³-hybridized carbons (Fsp3) is 0.231. The summed E-state index contributed by atoms with van der Waals surface area (Å²) in [5.41, 5.74) is 4.52. The van der Waals surface area contributed by atoms with Gasteiger partial charge in [-0.15, -0.1) is 0 Å². The van der Waals surface area contributed by atoms with E-state index in [1.54, 1.807) is 0 Å². The molecule has 3 aromatic carbocycles. The van der Waals surface area contributed by atoms with E-state index in [-0.39, 0.29) is 17.9 Å². The van der Waals surface area contributed by atoms with Crippen molar-refractivity contribution in [1.82, 2.24) is 14.5 Å². The Labute approximate surface area is 176 Å². The first-order valence-electron chi connectivity index (χ1n) is 10.5. The van der Waals surface area contributed by atoms with Gasteiger partial charge >= 0.3 is 0 Å². The number of hydrogen-bond donors (Lipinski definition) is 0. The van der Waals surface area contributed by atoms with Crippen LogP contribution in [0, 0.1) is 0 Å². The Balaban J connectivity index is 1.51. The van der Waals surface area contributed by atoms with E-state index in [0.29, 0.717) is 19.5 Å². The summed E-state index contributed by atoms with van der Waals surface area (Å²) in [7, 11) is 0. The quantitative estimate of drug-likeness (QED) is 0.468. The summed E-state index contributed by atoms with van der Waals surface area (Å²) < 4.78 is 2.33. The number of hydrogen-bond acceptors (Lipinski definition) is 2. The van der Waals surface area contributed by atoms with Crippen molar-refractivity contribution in [1.29, 1.82) is 0 Å². The number of amides is 1. The highest BCUT2D eigenvalue weighted by molar-refractivity contribution is 5.81. The Hall–Kier alpha value is -3.40. The molecule has 1 amide bonds. The summed E-state index contributed by atoms with van der Waals surface area (Å²) in [6.07, 6.45) is 0.512. The van der Waals surface area contributed by atoms with E-state index in [2.05, 4.69) is 66.1 Å². The van der Waals surface area contributed by atoms with Crippen LogP contribution in [0.4, 0.5) is 0 Å². The van der Waals surface area contributed by atoms with Crippen LogP contribution >= 0.6 is 0 Å². The second-order valence-corrected chi connectivity index (χ2v) is 8.08. The van der Waals surface area contributed by atoms with Crippen molar-refractivity contribution < 1.29 is 4.79 Å². The Morgan fingerprint density at radius 1 is 0.933 bits per heavy atom. The number of aromatic nitrogens is 2. The fourth-order valence-corrected chi connectivity index (χ4v) is 4.54. The van der Waals surface area contributed by atoms with Gasteiger partial charge in [0.25, 0.3) is 0 Å². The molecule has 4 aromatic rings. The molecular formula is C26H25N3O. The van der Waals surface area contributed by atoms with Gasteiger partial charge in [-0.1, -0.05) is 72.8 Å². The van der Waals surface area contributed by atoms with E-state index in [9.17, 15) is 4.79 Å². The van der Waals surface area contributed by atoms with Gasteiger partial charge in [-0.2, -0.15) is 0 Å². The highest BCUT2D eigenvalue weighted by Gasteiger charge is 2.34. The van der Waals surface area contributed by atoms with Gasteiger partial charge in [0.2, 0.25) is 5.91 Å². The highest BCUT2D eigenvalue weighted by atomic mass is 16.2. The number of fused-ring (bicyclic) bond motifs is 1. The molecule has 0 spiro atoms. The Kier molecular flexibility index (Phi) is 4.83. The Morgan fingerprint density at radius 3 is 2.37 bits per heavy atom. The lowest BCUT2D eigenvalue weighted by atomic mass is 10.0. The number of nitrogens with zero attached hydrogens (tertiary/aromatic N) is 3. The molecule has 4 nitrogen and oxygen atoms in total. The molecule has 2 atom stereocenters. The van der Waals surface area contributed by atoms with Crippen LogP contribution in [-0.4, -0.2) is 26.9 Å². The minimum Gasteiger partial charge on any atom is -0.338 e. The van der Waals surface area contributed by atoms with Gasteiger partial charge in [-0.25, -0.2) is 4.98 Å². The SMILES string of the molecule is C[C@H](c1ccccc1)n1c([C@H]2CC(=O)N(Cc3ccccc3)C2)nc2ccccc21. The maximum atomic E-state index is 12.8. The van der Waals surface area contributed by atoms with Crippen molar-refractivity contribution in [3.63, 3.8) is 0 Å². The predicted octanol–water partition coefficient (Wildman–Crippen LogP) is 5.16. The molecule has 5 rings (SSSR count). The van der Waals surface area contributed by atoms with Gasteiger partial charge in [0, 0.05) is 25.4 Å². The zero-order chi connectivity index (χ0) is 20.5. The molecule has 1 aromatic heterocycles. The normalized spacial score (nSPS) is 17.6. The van der Waals surface area contributed by atoms with E-state index in [0.717, 1.165) is 22.4 Å². The van der Waals surface area contributed by atoms with Gasteiger partial charge in [0.05, 0.1) is 17.1 Å². The van der Waals surface area contributed by atoms with Crippen molar-refractivity contribution in [3.8, 4) is 0 Å². The third kappa shape index (κ3) is 3.39. The first-order valence-corrected chi connectivity index (χ1v) is 10.5. The maximum Gasteiger partial charge on any atom is 0.223 e. The van der Waals surface area contributed by atoms with Crippen LogP contribution in [0.1, 0.15) is 42.3 Å². The van der Waals surface area contributed by atoms with Crippen molar-refractivity contribution >= 4 is 16.9 Å². The predicted molar refractivity (Wildman–Crippen MR) is 119 cm³/mol. The minimum absolute atomic E-state index is 0.0970. The molecule has 1 aliphatic heterocycles. The van der Waals surface area contributed by atoms with Gasteiger partial charge in [0.1, 0.15) is 5.82 Å². The lowest BCUT2D eigenvalue weighted by Gasteiger charge is -2.21. The van der Waals surface area contributed by atoms with E-state index in [1.807, 2.05) is 35.2 Å². The minimum atomic E-state index is 0.0970. The average molecular weight is 396 g/mol. The summed E-state index contributed by atoms with van der Waals surface area (Å²) in [6, 6.07) is 29.1. The Bertz CT molecular complexity index is 1170. The molecule has 0 radical (unpaired) electrons. The van der Waals surface area contributed by atoms with Crippen molar-refractivity contribution in [2.75, 3.05) is 6.54 Å². The standard InChI is InChI=1S/C26H25N3O/c1-19(21-12-6-3-7-13-21)29-24-15-9-8-14-23(24)27-26(29)22-16-25(30)28(18-22)17-20-10-4-2-5-11-20/h2-15,19,22H,16-18H2,1H3/t19-,22+/m1/s1. The summed E-state index contributed by atoms with van der Waals surface area (Å²) in [5, 5.41) is 0. The lowest BCUT2D eigenvalue weighted by Crippen LogP contribution is -2.24. The third-order valence-corrected chi connectivity index (χ3v) is 6.09. The molecule has 4 heteroatoms. The van der Waals surface area contributed by atoms with Gasteiger partial charge in [-0.05, 0) is 30.2 Å². The molecule has 30 heavy (non-hydrogen) atoms. The molecule has 0 aliphatic carbocycles. The van der Waals surface area contributed by atoms with E-state index < -0.39 is 0 Å². The third-order valence-electron chi connectivity index (χ3n) is 6.09. The van der Waals surface area contributed by atoms with Gasteiger partial charge in [0.15, 0.2) is 0 Å². The highest BCUT2D eigenvalue weighted by Crippen LogP contribution is 2.34. The number of rotatable bonds is 5. The summed E-state index contributed by atoms with van der Waals surface area (Å²) in [4.78, 5) is 19.8. The molecule has 1 saturated heterocycles. The molecule has 2 heterocycles. The van der Waals surface area contributed by atoms with Crippen molar-refractivity contribution in [3.05, 3.63) is 102 Å². The van der Waals surface area contributed by atoms with Crippen LogP contribution in [0.3, 0.4) is 0 Å². The van der Waals surface area contributed by atoms with Crippen LogP contribution in [0.2, 0.25) is 0 Å². The maximum absolute atomic E-state index is 12.8. The van der Waals surface area contributed by atoms with Crippen molar-refractivity contribution in [2.45, 2.75) is 31.8 Å². The Morgan fingerprint density at radius 2 is 1.60 bits per heavy atom. The number of carbonyl (C=O) groups is 1. The largest absolute Gasteiger partial charge is 0.338 e. The molecule has 0 bridgehead atoms. The molecule has 1 aliphatic rings. The second-order valence-electron chi connectivity index (χ2n) is 8.08. The number of carbonyl (C=O) groups excluding carboxylic acids is 1. The molecule has 1 fully saturated rings. The fourth-order valence-electron chi connectivity index (χ4n) is 4.54. The van der Waals surface area contributed by atoms with Crippen LogP contribution in [-0.2, 0) is 11.3 Å². The van der Waals surface area contributed by atoms with Crippen LogP contribution in [0.15, 0.2) is 84.9 Å². The molecular weight excluding hydrogens is 370 g/mol. The topological polar surface area (TPSA) is 38.1 Å². The zero-order valence-electron chi connectivity index (χ0n) is 17.1. The number of imidazole rings is 1. The lowest BCUT2D eigenvalue weighted by molar-refractivity contribution is -0.128. The first-order chi connectivity index (χ1) is 14.7. The monoisotopic (exact) mass is 395 g/mol. The van der Waals surface area contributed by atoms with E-state index >= 15 is 0 Å². The molecule has 150 valence electrons. The molecule has 0 N–H and O–H groups in total. The number of benzene rings is 3. The summed E-state index contributed by atoms with van der Waals surface area (Å²) in [6.45, 7) is 3.58. The number of likely N-dealkylation sites (tertiary alicyclic amines) is 1. The average Bonchev–Trinajstić information content (AvgIpc) is 3.35. The smallest absolute Gasteiger partial charge is 0.223 e. The first kappa shape index (κ1) is 18.6. The summed E-state index contributed by atoms with van der Waals surface area (Å²) in [5.74, 6) is 1.31. The van der Waals surface area contributed by atoms with Crippen molar-refractivity contribution in [2.24, 2.45) is 0 Å². The van der Waals surface area contributed by atoms with E-state index in [4.69, 9.17) is 4.98 Å². The van der Waals surface area contributed by atoms with Crippen LogP contribution < -0.4 is 0 Å². The zero-order valence-corrected chi connectivity index (χ0v) is 17.1. The van der Waals surface area contributed by atoms with E-state index in [1.165, 1.54) is 5.56 Å². The number of para-hydroxylation sites is 2. The van der Waals surface area contributed by atoms with Crippen LogP contribution in [0.5, 0.6) is 0 Å². The van der Waals surface area contributed by atoms with Gasteiger partial charge < -0.3 is 9.47 Å². The molecule has 0 unspecified atom stereocenters. The van der Waals surface area contributed by atoms with Gasteiger partial charge in [-0.3, -0.25) is 4.79 Å². The molecule has 0 saturated carbocycles. The second kappa shape index (κ2) is 7.79.